The standard InChI is InChI=1S/C19H31N3O/c1-4-21(5-2)18-8-6-16(14-17(18)20)7-9-19(23)22-12-10-15(3)11-13-22/h6,8,14-15H,4-5,7,9-13,20H2,1-3H3. The molecular weight excluding hydrogens is 286 g/mol. The van der Waals surface area contributed by atoms with E-state index in [2.05, 4.69) is 37.8 Å². The predicted octanol–water partition coefficient (Wildman–Crippen LogP) is 3.31. The van der Waals surface area contributed by atoms with Crippen LogP contribution in [0, 0.1) is 5.92 Å². The van der Waals surface area contributed by atoms with E-state index in [9.17, 15) is 4.79 Å². The third-order valence-electron chi connectivity index (χ3n) is 4.96. The minimum atomic E-state index is 0.281. The molecule has 0 spiro atoms. The number of carbonyl (C=O) groups excluding carboxylic acids is 1. The van der Waals surface area contributed by atoms with Gasteiger partial charge in [0.1, 0.15) is 0 Å². The minimum absolute atomic E-state index is 0.281. The van der Waals surface area contributed by atoms with Gasteiger partial charge in [0.2, 0.25) is 5.91 Å². The zero-order valence-corrected chi connectivity index (χ0v) is 14.8. The molecule has 0 aliphatic carbocycles. The predicted molar refractivity (Wildman–Crippen MR) is 97.7 cm³/mol. The van der Waals surface area contributed by atoms with Gasteiger partial charge in [0.25, 0.3) is 0 Å². The lowest BCUT2D eigenvalue weighted by Crippen LogP contribution is -2.38. The number of hydrogen-bond acceptors (Lipinski definition) is 3. The van der Waals surface area contributed by atoms with Gasteiger partial charge in [-0.3, -0.25) is 4.79 Å². The van der Waals surface area contributed by atoms with Gasteiger partial charge in [-0.15, -0.1) is 0 Å². The van der Waals surface area contributed by atoms with Crippen LogP contribution in [-0.2, 0) is 11.2 Å². The summed E-state index contributed by atoms with van der Waals surface area (Å²) in [5, 5.41) is 0. The van der Waals surface area contributed by atoms with Gasteiger partial charge in [-0.2, -0.15) is 0 Å². The van der Waals surface area contributed by atoms with E-state index in [1.54, 1.807) is 0 Å². The fourth-order valence-corrected chi connectivity index (χ4v) is 3.28. The van der Waals surface area contributed by atoms with Crippen molar-refractivity contribution in [1.82, 2.24) is 4.90 Å². The summed E-state index contributed by atoms with van der Waals surface area (Å²) < 4.78 is 0. The van der Waals surface area contributed by atoms with Crippen LogP contribution in [0.1, 0.15) is 45.6 Å². The lowest BCUT2D eigenvalue weighted by molar-refractivity contribution is -0.132. The van der Waals surface area contributed by atoms with E-state index in [1.165, 1.54) is 0 Å². The summed E-state index contributed by atoms with van der Waals surface area (Å²) >= 11 is 0. The number of hydrogen-bond donors (Lipinski definition) is 1. The molecule has 0 bridgehead atoms. The van der Waals surface area contributed by atoms with Crippen molar-refractivity contribution in [3.63, 3.8) is 0 Å². The Morgan fingerprint density at radius 3 is 2.48 bits per heavy atom. The molecule has 23 heavy (non-hydrogen) atoms. The number of amides is 1. The molecule has 1 aromatic rings. The van der Waals surface area contributed by atoms with Crippen molar-refractivity contribution in [2.24, 2.45) is 5.92 Å². The van der Waals surface area contributed by atoms with Crippen molar-refractivity contribution >= 4 is 17.3 Å². The average molecular weight is 317 g/mol. The molecule has 0 atom stereocenters. The Morgan fingerprint density at radius 1 is 1.26 bits per heavy atom. The molecule has 2 rings (SSSR count). The Kier molecular flexibility index (Phi) is 6.31. The molecule has 1 aliphatic heterocycles. The zero-order valence-electron chi connectivity index (χ0n) is 14.8. The lowest BCUT2D eigenvalue weighted by atomic mass is 9.98. The lowest BCUT2D eigenvalue weighted by Gasteiger charge is -2.30. The number of nitrogens with zero attached hydrogens (tertiary/aromatic N) is 2. The quantitative estimate of drug-likeness (QED) is 0.819. The summed E-state index contributed by atoms with van der Waals surface area (Å²) in [6.45, 7) is 10.3. The SMILES string of the molecule is CCN(CC)c1ccc(CCC(=O)N2CCC(C)CC2)cc1N. The molecule has 1 heterocycles. The number of rotatable bonds is 6. The van der Waals surface area contributed by atoms with Crippen molar-refractivity contribution in [2.75, 3.05) is 36.8 Å². The van der Waals surface area contributed by atoms with E-state index in [4.69, 9.17) is 5.73 Å². The second-order valence-corrected chi connectivity index (χ2v) is 6.63. The molecule has 1 aliphatic rings. The maximum Gasteiger partial charge on any atom is 0.222 e. The summed E-state index contributed by atoms with van der Waals surface area (Å²) in [5.74, 6) is 1.04. The fraction of sp³-hybridized carbons (Fsp3) is 0.632. The highest BCUT2D eigenvalue weighted by Gasteiger charge is 2.19. The average Bonchev–Trinajstić information content (AvgIpc) is 2.56. The van der Waals surface area contributed by atoms with Crippen LogP contribution < -0.4 is 10.6 Å². The molecule has 128 valence electrons. The van der Waals surface area contributed by atoms with E-state index in [1.807, 2.05) is 11.0 Å². The molecule has 4 nitrogen and oxygen atoms in total. The largest absolute Gasteiger partial charge is 0.397 e. The van der Waals surface area contributed by atoms with Gasteiger partial charge in [0, 0.05) is 32.6 Å². The van der Waals surface area contributed by atoms with Gasteiger partial charge in [-0.05, 0) is 56.7 Å². The van der Waals surface area contributed by atoms with Gasteiger partial charge >= 0.3 is 0 Å². The van der Waals surface area contributed by atoms with Crippen LogP contribution in [0.25, 0.3) is 0 Å². The number of carbonyl (C=O) groups is 1. The molecular formula is C19H31N3O. The van der Waals surface area contributed by atoms with Crippen LogP contribution in [0.15, 0.2) is 18.2 Å². The first-order valence-electron chi connectivity index (χ1n) is 8.96. The number of nitrogen functional groups attached to an aromatic ring is 1. The smallest absolute Gasteiger partial charge is 0.222 e. The van der Waals surface area contributed by atoms with Gasteiger partial charge in [-0.25, -0.2) is 0 Å². The Labute approximate surface area is 140 Å². The van der Waals surface area contributed by atoms with E-state index in [-0.39, 0.29) is 5.91 Å². The number of likely N-dealkylation sites (tertiary alicyclic amines) is 1. The van der Waals surface area contributed by atoms with Crippen molar-refractivity contribution in [2.45, 2.75) is 46.5 Å². The highest BCUT2D eigenvalue weighted by atomic mass is 16.2. The van der Waals surface area contributed by atoms with Crippen LogP contribution >= 0.6 is 0 Å². The van der Waals surface area contributed by atoms with Gasteiger partial charge in [0.05, 0.1) is 11.4 Å². The van der Waals surface area contributed by atoms with Gasteiger partial charge in [-0.1, -0.05) is 13.0 Å². The van der Waals surface area contributed by atoms with E-state index in [0.717, 1.165) is 68.3 Å². The topological polar surface area (TPSA) is 49.6 Å². The highest BCUT2D eigenvalue weighted by molar-refractivity contribution is 5.77. The summed E-state index contributed by atoms with van der Waals surface area (Å²) in [6.07, 6.45) is 3.63. The minimum Gasteiger partial charge on any atom is -0.397 e. The molecule has 0 aromatic heterocycles. The van der Waals surface area contributed by atoms with Crippen LogP contribution in [0.5, 0.6) is 0 Å². The van der Waals surface area contributed by atoms with E-state index in [0.29, 0.717) is 6.42 Å². The summed E-state index contributed by atoms with van der Waals surface area (Å²) in [7, 11) is 0. The van der Waals surface area contributed by atoms with Crippen molar-refractivity contribution in [3.05, 3.63) is 23.8 Å². The first-order valence-corrected chi connectivity index (χ1v) is 8.96. The Balaban J connectivity index is 1.91. The van der Waals surface area contributed by atoms with Gasteiger partial charge in [0.15, 0.2) is 0 Å². The maximum atomic E-state index is 12.3. The van der Waals surface area contributed by atoms with Crippen LogP contribution in [0.3, 0.4) is 0 Å². The number of piperidine rings is 1. The Hall–Kier alpha value is -1.71. The second-order valence-electron chi connectivity index (χ2n) is 6.63. The second kappa shape index (κ2) is 8.23. The molecule has 1 saturated heterocycles. The Morgan fingerprint density at radius 2 is 1.91 bits per heavy atom. The molecule has 1 fully saturated rings. The first-order chi connectivity index (χ1) is 11.0. The number of aryl methyl sites for hydroxylation is 1. The van der Waals surface area contributed by atoms with Crippen molar-refractivity contribution < 1.29 is 4.79 Å². The van der Waals surface area contributed by atoms with Crippen LogP contribution in [0.4, 0.5) is 11.4 Å². The molecule has 0 radical (unpaired) electrons. The fourth-order valence-electron chi connectivity index (χ4n) is 3.28. The first kappa shape index (κ1) is 17.6. The molecule has 1 aromatic carbocycles. The summed E-state index contributed by atoms with van der Waals surface area (Å²) in [4.78, 5) is 16.6. The molecule has 0 unspecified atom stereocenters. The summed E-state index contributed by atoms with van der Waals surface area (Å²) in [6, 6.07) is 6.22. The van der Waals surface area contributed by atoms with Crippen molar-refractivity contribution in [3.8, 4) is 0 Å². The summed E-state index contributed by atoms with van der Waals surface area (Å²) in [5.41, 5.74) is 9.25. The Bertz CT molecular complexity index is 517. The monoisotopic (exact) mass is 317 g/mol. The number of benzene rings is 1. The van der Waals surface area contributed by atoms with Crippen LogP contribution in [0.2, 0.25) is 0 Å². The molecule has 1 amide bonds. The molecule has 4 heteroatoms. The van der Waals surface area contributed by atoms with Crippen LogP contribution in [-0.4, -0.2) is 37.0 Å². The number of nitrogens with two attached hydrogens (primary N) is 1. The normalized spacial score (nSPS) is 15.7. The molecule has 0 saturated carbocycles. The van der Waals surface area contributed by atoms with Crippen molar-refractivity contribution in [1.29, 1.82) is 0 Å². The van der Waals surface area contributed by atoms with E-state index >= 15 is 0 Å². The number of anilines is 2. The molecule has 2 N–H and O–H groups in total. The maximum absolute atomic E-state index is 12.3. The third-order valence-corrected chi connectivity index (χ3v) is 4.96. The van der Waals surface area contributed by atoms with E-state index < -0.39 is 0 Å². The zero-order chi connectivity index (χ0) is 16.8. The highest BCUT2D eigenvalue weighted by Crippen LogP contribution is 2.25. The third kappa shape index (κ3) is 4.63. The van der Waals surface area contributed by atoms with Gasteiger partial charge < -0.3 is 15.5 Å².